The third-order valence-electron chi connectivity index (χ3n) is 8.29. The summed E-state index contributed by atoms with van der Waals surface area (Å²) in [6, 6.07) is 14.8. The molecule has 4 rings (SSSR count). The molecule has 1 fully saturated rings. The van der Waals surface area contributed by atoms with Crippen LogP contribution in [0.3, 0.4) is 0 Å². The number of fused-ring (bicyclic) bond motifs is 1. The maximum atomic E-state index is 13.3. The number of carbonyl (C=O) groups is 1. The fourth-order valence-electron chi connectivity index (χ4n) is 6.01. The van der Waals surface area contributed by atoms with Crippen molar-refractivity contribution in [1.82, 2.24) is 14.5 Å². The first-order chi connectivity index (χ1) is 19.2. The van der Waals surface area contributed by atoms with Crippen molar-refractivity contribution in [2.75, 3.05) is 6.54 Å². The number of aryl methyl sites for hydroxylation is 1. The Hall–Kier alpha value is -2.69. The zero-order chi connectivity index (χ0) is 27.3. The topological polar surface area (TPSA) is 38.1 Å². The average Bonchev–Trinajstić information content (AvgIpc) is 3.50. The maximum absolute atomic E-state index is 13.3. The SMILES string of the molecule is CCCCCCCCCCCCCCCCn1c(C2CC(=O)N(Cc3ccc(F)cc3)C2)nc2ccccc21. The van der Waals surface area contributed by atoms with Crippen LogP contribution in [0.25, 0.3) is 11.0 Å². The van der Waals surface area contributed by atoms with E-state index in [1.54, 1.807) is 12.1 Å². The van der Waals surface area contributed by atoms with Gasteiger partial charge < -0.3 is 9.47 Å². The predicted molar refractivity (Wildman–Crippen MR) is 159 cm³/mol. The normalized spacial score (nSPS) is 15.6. The summed E-state index contributed by atoms with van der Waals surface area (Å²) in [5, 5.41) is 0. The summed E-state index contributed by atoms with van der Waals surface area (Å²) in [7, 11) is 0. The largest absolute Gasteiger partial charge is 0.338 e. The lowest BCUT2D eigenvalue weighted by Crippen LogP contribution is -2.24. The number of amides is 1. The Bertz CT molecular complexity index is 1140. The van der Waals surface area contributed by atoms with Crippen molar-refractivity contribution in [3.63, 3.8) is 0 Å². The molecule has 0 saturated carbocycles. The first kappa shape index (κ1) is 29.3. The summed E-state index contributed by atoms with van der Waals surface area (Å²) in [5.41, 5.74) is 3.15. The van der Waals surface area contributed by atoms with Gasteiger partial charge in [-0.3, -0.25) is 4.79 Å². The minimum absolute atomic E-state index is 0.0944. The van der Waals surface area contributed by atoms with E-state index in [0.29, 0.717) is 19.5 Å². The third kappa shape index (κ3) is 8.91. The first-order valence-electron chi connectivity index (χ1n) is 15.6. The van der Waals surface area contributed by atoms with E-state index in [-0.39, 0.29) is 17.6 Å². The molecule has 1 aliphatic heterocycles. The summed E-state index contributed by atoms with van der Waals surface area (Å²) in [4.78, 5) is 19.8. The monoisotopic (exact) mass is 533 g/mol. The molecule has 1 atom stereocenters. The van der Waals surface area contributed by atoms with Crippen molar-refractivity contribution in [3.05, 3.63) is 65.7 Å². The van der Waals surface area contributed by atoms with Crippen LogP contribution in [0.1, 0.15) is 121 Å². The molecule has 0 bridgehead atoms. The first-order valence-corrected chi connectivity index (χ1v) is 15.6. The molecule has 1 aromatic heterocycles. The Labute approximate surface area is 235 Å². The van der Waals surface area contributed by atoms with E-state index in [1.807, 2.05) is 11.0 Å². The number of hydrogen-bond donors (Lipinski definition) is 0. The van der Waals surface area contributed by atoms with E-state index in [2.05, 4.69) is 29.7 Å². The van der Waals surface area contributed by atoms with Gasteiger partial charge in [0.15, 0.2) is 0 Å². The quantitative estimate of drug-likeness (QED) is 0.153. The summed E-state index contributed by atoms with van der Waals surface area (Å²) in [6.45, 7) is 4.42. The fraction of sp³-hybridized carbons (Fsp3) is 0.588. The van der Waals surface area contributed by atoms with Crippen molar-refractivity contribution in [2.24, 2.45) is 0 Å². The van der Waals surface area contributed by atoms with Gasteiger partial charge in [0.25, 0.3) is 0 Å². The van der Waals surface area contributed by atoms with Gasteiger partial charge in [-0.1, -0.05) is 115 Å². The van der Waals surface area contributed by atoms with Gasteiger partial charge in [-0.25, -0.2) is 9.37 Å². The smallest absolute Gasteiger partial charge is 0.223 e. The number of halogens is 1. The van der Waals surface area contributed by atoms with Crippen molar-refractivity contribution in [1.29, 1.82) is 0 Å². The van der Waals surface area contributed by atoms with Crippen LogP contribution in [0.15, 0.2) is 48.5 Å². The zero-order valence-corrected chi connectivity index (χ0v) is 24.1. The van der Waals surface area contributed by atoms with E-state index in [0.717, 1.165) is 29.9 Å². The molecule has 0 N–H and O–H groups in total. The third-order valence-corrected chi connectivity index (χ3v) is 8.29. The van der Waals surface area contributed by atoms with E-state index < -0.39 is 0 Å². The Kier molecular flexibility index (Phi) is 11.9. The molecule has 1 unspecified atom stereocenters. The summed E-state index contributed by atoms with van der Waals surface area (Å²) in [6.07, 6.45) is 19.5. The van der Waals surface area contributed by atoms with Crippen LogP contribution in [0, 0.1) is 5.82 Å². The number of carbonyl (C=O) groups excluding carboxylic acids is 1. The Balaban J connectivity index is 1.21. The summed E-state index contributed by atoms with van der Waals surface area (Å²) >= 11 is 0. The zero-order valence-electron chi connectivity index (χ0n) is 24.1. The fourth-order valence-corrected chi connectivity index (χ4v) is 6.01. The van der Waals surface area contributed by atoms with Crippen LogP contribution in [-0.2, 0) is 17.9 Å². The molecule has 0 radical (unpaired) electrons. The maximum Gasteiger partial charge on any atom is 0.223 e. The molecule has 0 aliphatic carbocycles. The number of rotatable bonds is 18. The average molecular weight is 534 g/mol. The van der Waals surface area contributed by atoms with Crippen molar-refractivity contribution in [3.8, 4) is 0 Å². The van der Waals surface area contributed by atoms with Gasteiger partial charge in [0.2, 0.25) is 5.91 Å². The van der Waals surface area contributed by atoms with Crippen LogP contribution in [0.4, 0.5) is 4.39 Å². The lowest BCUT2D eigenvalue weighted by Gasteiger charge is -2.17. The lowest BCUT2D eigenvalue weighted by molar-refractivity contribution is -0.128. The summed E-state index contributed by atoms with van der Waals surface area (Å²) < 4.78 is 15.7. The van der Waals surface area contributed by atoms with E-state index in [9.17, 15) is 9.18 Å². The highest BCUT2D eigenvalue weighted by Crippen LogP contribution is 2.31. The van der Waals surface area contributed by atoms with Gasteiger partial charge in [-0.2, -0.15) is 0 Å². The number of benzene rings is 2. The molecule has 1 saturated heterocycles. The Morgan fingerprint density at radius 2 is 1.38 bits per heavy atom. The lowest BCUT2D eigenvalue weighted by atomic mass is 10.0. The molecule has 0 spiro atoms. The molecule has 1 amide bonds. The Morgan fingerprint density at radius 1 is 0.795 bits per heavy atom. The van der Waals surface area contributed by atoms with Crippen LogP contribution >= 0.6 is 0 Å². The second kappa shape index (κ2) is 15.8. The van der Waals surface area contributed by atoms with Gasteiger partial charge in [0, 0.05) is 32.0 Å². The molecule has 39 heavy (non-hydrogen) atoms. The standard InChI is InChI=1S/C34H48FN3O/c1-2-3-4-5-6-7-8-9-10-11-12-13-14-17-24-38-32-19-16-15-18-31(32)36-34(38)29-25-33(39)37(27-29)26-28-20-22-30(35)23-21-28/h15-16,18-23,29H,2-14,17,24-27H2,1H3. The number of unbranched alkanes of at least 4 members (excludes halogenated alkanes) is 13. The highest BCUT2D eigenvalue weighted by atomic mass is 19.1. The van der Waals surface area contributed by atoms with Crippen LogP contribution in [-0.4, -0.2) is 26.9 Å². The number of para-hydroxylation sites is 2. The number of aromatic nitrogens is 2. The minimum Gasteiger partial charge on any atom is -0.338 e. The second-order valence-electron chi connectivity index (χ2n) is 11.5. The number of hydrogen-bond acceptors (Lipinski definition) is 2. The van der Waals surface area contributed by atoms with Crippen molar-refractivity contribution in [2.45, 2.75) is 122 Å². The van der Waals surface area contributed by atoms with E-state index in [4.69, 9.17) is 4.98 Å². The second-order valence-corrected chi connectivity index (χ2v) is 11.5. The van der Waals surface area contributed by atoms with Crippen LogP contribution in [0.2, 0.25) is 0 Å². The molecule has 2 aromatic carbocycles. The molecule has 212 valence electrons. The molecule has 1 aliphatic rings. The van der Waals surface area contributed by atoms with Crippen LogP contribution in [0.5, 0.6) is 0 Å². The molecule has 4 nitrogen and oxygen atoms in total. The van der Waals surface area contributed by atoms with Crippen molar-refractivity contribution >= 4 is 16.9 Å². The van der Waals surface area contributed by atoms with E-state index >= 15 is 0 Å². The molecule has 5 heteroatoms. The van der Waals surface area contributed by atoms with Gasteiger partial charge in [0.1, 0.15) is 11.6 Å². The molecule has 2 heterocycles. The number of likely N-dealkylation sites (tertiary alicyclic amines) is 1. The van der Waals surface area contributed by atoms with Crippen LogP contribution < -0.4 is 0 Å². The molecular formula is C34H48FN3O. The van der Waals surface area contributed by atoms with Gasteiger partial charge in [-0.15, -0.1) is 0 Å². The number of nitrogens with zero attached hydrogens (tertiary/aromatic N) is 3. The van der Waals surface area contributed by atoms with Gasteiger partial charge in [0.05, 0.1) is 11.0 Å². The summed E-state index contributed by atoms with van der Waals surface area (Å²) in [5.74, 6) is 1.04. The highest BCUT2D eigenvalue weighted by molar-refractivity contribution is 5.81. The minimum atomic E-state index is -0.249. The molecular weight excluding hydrogens is 485 g/mol. The van der Waals surface area contributed by atoms with Gasteiger partial charge >= 0.3 is 0 Å². The molecule has 3 aromatic rings. The van der Waals surface area contributed by atoms with Gasteiger partial charge in [-0.05, 0) is 36.2 Å². The van der Waals surface area contributed by atoms with Crippen molar-refractivity contribution < 1.29 is 9.18 Å². The Morgan fingerprint density at radius 3 is 2.03 bits per heavy atom. The van der Waals surface area contributed by atoms with E-state index in [1.165, 1.54) is 101 Å². The highest BCUT2D eigenvalue weighted by Gasteiger charge is 2.33. The number of imidazole rings is 1. The predicted octanol–water partition coefficient (Wildman–Crippen LogP) is 9.17.